The van der Waals surface area contributed by atoms with Gasteiger partial charge in [-0.05, 0) is 32.4 Å². The molecule has 0 spiro atoms. The number of likely N-dealkylation sites (tertiary alicyclic amines) is 1. The highest BCUT2D eigenvalue weighted by Gasteiger charge is 2.41. The summed E-state index contributed by atoms with van der Waals surface area (Å²) < 4.78 is 41.7. The van der Waals surface area contributed by atoms with Crippen LogP contribution in [0.1, 0.15) is 31.9 Å². The minimum Gasteiger partial charge on any atom is -0.374 e. The molecule has 0 radical (unpaired) electrons. The fraction of sp³-hybridized carbons (Fsp3) is 0.833. The van der Waals surface area contributed by atoms with Crippen molar-refractivity contribution >= 4 is 16.5 Å². The van der Waals surface area contributed by atoms with Gasteiger partial charge in [-0.3, -0.25) is 4.90 Å². The number of aromatic nitrogens is 2. The van der Waals surface area contributed by atoms with Gasteiger partial charge in [-0.2, -0.15) is 13.2 Å². The molecule has 2 heterocycles. The predicted octanol–water partition coefficient (Wildman–Crippen LogP) is 3.13. The molecule has 1 saturated heterocycles. The average Bonchev–Trinajstić information content (AvgIpc) is 2.83. The first kappa shape index (κ1) is 15.5. The number of rotatable bonds is 5. The van der Waals surface area contributed by atoms with Gasteiger partial charge in [0.25, 0.3) is 0 Å². The van der Waals surface area contributed by atoms with Crippen LogP contribution in [0.5, 0.6) is 0 Å². The molecule has 1 aromatic rings. The Bertz CT molecular complexity index is 413. The molecule has 0 amide bonds. The summed E-state index contributed by atoms with van der Waals surface area (Å²) in [5, 5.41) is 8.26. The summed E-state index contributed by atoms with van der Waals surface area (Å²) >= 11 is 1.30. The zero-order chi connectivity index (χ0) is 14.6. The smallest absolute Gasteiger partial charge is 0.374 e. The maximum Gasteiger partial charge on any atom is 0.391 e. The molecular formula is C12H19F3N4S. The molecule has 0 aromatic carbocycles. The van der Waals surface area contributed by atoms with Gasteiger partial charge in [0.05, 0.1) is 5.92 Å². The third-order valence-electron chi connectivity index (χ3n) is 3.52. The number of anilines is 1. The number of alkyl halides is 3. The Hall–Kier alpha value is -0.890. The van der Waals surface area contributed by atoms with Crippen molar-refractivity contribution in [3.63, 3.8) is 0 Å². The molecule has 2 rings (SSSR count). The number of hydrogen-bond donors (Lipinski definition) is 1. The van der Waals surface area contributed by atoms with Crippen molar-refractivity contribution in [2.24, 2.45) is 5.92 Å². The van der Waals surface area contributed by atoms with Crippen molar-refractivity contribution in [1.29, 1.82) is 0 Å². The summed E-state index contributed by atoms with van der Waals surface area (Å²) in [6, 6.07) is 0. The third kappa shape index (κ3) is 4.05. The Balaban J connectivity index is 1.85. The molecule has 4 nitrogen and oxygen atoms in total. The quantitative estimate of drug-likeness (QED) is 0.907. The fourth-order valence-corrected chi connectivity index (χ4v) is 2.91. The van der Waals surface area contributed by atoms with Gasteiger partial charge in [-0.25, -0.2) is 0 Å². The van der Waals surface area contributed by atoms with E-state index in [4.69, 9.17) is 0 Å². The van der Waals surface area contributed by atoms with E-state index in [0.717, 1.165) is 23.7 Å². The number of piperidine rings is 1. The van der Waals surface area contributed by atoms with E-state index in [1.54, 1.807) is 0 Å². The monoisotopic (exact) mass is 308 g/mol. The molecule has 20 heavy (non-hydrogen) atoms. The predicted molar refractivity (Wildman–Crippen MR) is 72.7 cm³/mol. The number of nitrogens with zero attached hydrogens (tertiary/aromatic N) is 3. The van der Waals surface area contributed by atoms with Crippen molar-refractivity contribution in [3.8, 4) is 0 Å². The lowest BCUT2D eigenvalue weighted by Gasteiger charge is -2.32. The van der Waals surface area contributed by atoms with E-state index in [1.807, 2.05) is 4.90 Å². The molecule has 1 N–H and O–H groups in total. The molecule has 1 aromatic heterocycles. The topological polar surface area (TPSA) is 41.1 Å². The van der Waals surface area contributed by atoms with Gasteiger partial charge in [0, 0.05) is 24.6 Å². The van der Waals surface area contributed by atoms with E-state index in [0.29, 0.717) is 19.6 Å². The van der Waals surface area contributed by atoms with E-state index >= 15 is 0 Å². The van der Waals surface area contributed by atoms with Gasteiger partial charge in [0.15, 0.2) is 0 Å². The van der Waals surface area contributed by atoms with Gasteiger partial charge in [0.1, 0.15) is 10.7 Å². The Morgan fingerprint density at radius 1 is 1.35 bits per heavy atom. The van der Waals surface area contributed by atoms with Crippen LogP contribution in [0, 0.1) is 5.92 Å². The molecule has 1 fully saturated rings. The summed E-state index contributed by atoms with van der Waals surface area (Å²) in [5.74, 6) is -1.15. The maximum absolute atomic E-state index is 12.6. The van der Waals surface area contributed by atoms with Crippen LogP contribution in [-0.4, -0.2) is 40.3 Å². The highest BCUT2D eigenvalue weighted by atomic mass is 32.1. The summed E-state index contributed by atoms with van der Waals surface area (Å²) in [7, 11) is 0. The van der Waals surface area contributed by atoms with Crippen molar-refractivity contribution in [1.82, 2.24) is 14.5 Å². The van der Waals surface area contributed by atoms with Crippen LogP contribution in [0.3, 0.4) is 0 Å². The molecule has 0 unspecified atom stereocenters. The van der Waals surface area contributed by atoms with E-state index in [1.165, 1.54) is 11.5 Å². The Morgan fingerprint density at radius 3 is 2.65 bits per heavy atom. The molecule has 114 valence electrons. The minimum atomic E-state index is -4.05. The fourth-order valence-electron chi connectivity index (χ4n) is 2.32. The maximum atomic E-state index is 12.6. The van der Waals surface area contributed by atoms with Crippen molar-refractivity contribution in [3.05, 3.63) is 5.69 Å². The molecule has 0 atom stereocenters. The van der Waals surface area contributed by atoms with Gasteiger partial charge in [-0.1, -0.05) is 11.4 Å². The second-order valence-electron chi connectivity index (χ2n) is 5.07. The molecule has 8 heteroatoms. The zero-order valence-corrected chi connectivity index (χ0v) is 12.2. The van der Waals surface area contributed by atoms with Crippen LogP contribution in [-0.2, 0) is 6.54 Å². The number of halogens is 3. The van der Waals surface area contributed by atoms with Crippen LogP contribution in [0.4, 0.5) is 18.2 Å². The first-order valence-electron chi connectivity index (χ1n) is 6.85. The average molecular weight is 308 g/mol. The number of hydrogen-bond acceptors (Lipinski definition) is 5. The normalized spacial score (nSPS) is 18.4. The molecular weight excluding hydrogens is 289 g/mol. The van der Waals surface area contributed by atoms with Gasteiger partial charge in [0.2, 0.25) is 0 Å². The van der Waals surface area contributed by atoms with E-state index < -0.39 is 12.1 Å². The standard InChI is InChI=1S/C12H19F3N4S/c1-2-5-16-11-10(17-18-20-11)8-19-6-3-9(4-7-19)12(13,14)15/h9,16H,2-8H2,1H3. The van der Waals surface area contributed by atoms with E-state index in [-0.39, 0.29) is 12.8 Å². The Kier molecular flexibility index (Phi) is 5.20. The summed E-state index contributed by atoms with van der Waals surface area (Å²) in [5.41, 5.74) is 0.842. The van der Waals surface area contributed by atoms with Crippen LogP contribution in [0.2, 0.25) is 0 Å². The Morgan fingerprint density at radius 2 is 2.05 bits per heavy atom. The second-order valence-corrected chi connectivity index (χ2v) is 5.82. The van der Waals surface area contributed by atoms with Crippen molar-refractivity contribution in [2.75, 3.05) is 25.0 Å². The largest absolute Gasteiger partial charge is 0.391 e. The first-order chi connectivity index (χ1) is 9.50. The summed E-state index contributed by atoms with van der Waals surface area (Å²) in [6.45, 7) is 4.44. The minimum absolute atomic E-state index is 0.179. The first-order valence-corrected chi connectivity index (χ1v) is 7.62. The number of nitrogens with one attached hydrogen (secondary N) is 1. The SMILES string of the molecule is CCCNc1snnc1CN1CCC(C(F)(F)F)CC1. The highest BCUT2D eigenvalue weighted by molar-refractivity contribution is 7.10. The highest BCUT2D eigenvalue weighted by Crippen LogP contribution is 2.34. The van der Waals surface area contributed by atoms with Gasteiger partial charge < -0.3 is 5.32 Å². The summed E-state index contributed by atoms with van der Waals surface area (Å²) in [4.78, 5) is 2.02. The molecule has 0 saturated carbocycles. The lowest BCUT2D eigenvalue weighted by atomic mass is 9.96. The molecule has 0 bridgehead atoms. The lowest BCUT2D eigenvalue weighted by Crippen LogP contribution is -2.38. The van der Waals surface area contributed by atoms with Gasteiger partial charge >= 0.3 is 6.18 Å². The summed E-state index contributed by atoms with van der Waals surface area (Å²) in [6.07, 6.45) is -2.69. The molecule has 0 aliphatic carbocycles. The Labute approximate surface area is 120 Å². The zero-order valence-electron chi connectivity index (χ0n) is 11.4. The molecule has 1 aliphatic rings. The lowest BCUT2D eigenvalue weighted by molar-refractivity contribution is -0.185. The van der Waals surface area contributed by atoms with Crippen LogP contribution in [0.25, 0.3) is 0 Å². The molecule has 1 aliphatic heterocycles. The van der Waals surface area contributed by atoms with E-state index in [2.05, 4.69) is 21.8 Å². The third-order valence-corrected chi connectivity index (χ3v) is 4.24. The van der Waals surface area contributed by atoms with Crippen molar-refractivity contribution < 1.29 is 13.2 Å². The van der Waals surface area contributed by atoms with Crippen LogP contribution >= 0.6 is 11.5 Å². The van der Waals surface area contributed by atoms with Gasteiger partial charge in [-0.15, -0.1) is 5.10 Å². The van der Waals surface area contributed by atoms with Crippen LogP contribution < -0.4 is 5.32 Å². The van der Waals surface area contributed by atoms with Crippen LogP contribution in [0.15, 0.2) is 0 Å². The van der Waals surface area contributed by atoms with Crippen molar-refractivity contribution in [2.45, 2.75) is 38.9 Å². The van der Waals surface area contributed by atoms with E-state index in [9.17, 15) is 13.2 Å². The second kappa shape index (κ2) is 6.71.